The Labute approximate surface area is 134 Å². The minimum absolute atomic E-state index is 0.407. The van der Waals surface area contributed by atoms with Crippen LogP contribution >= 0.6 is 0 Å². The molecule has 122 valence electrons. The van der Waals surface area contributed by atoms with Crippen LogP contribution in [0.25, 0.3) is 0 Å². The first-order valence-electron chi connectivity index (χ1n) is 8.16. The van der Waals surface area contributed by atoms with Gasteiger partial charge in [0.2, 0.25) is 0 Å². The predicted octanol–water partition coefficient (Wildman–Crippen LogP) is 3.01. The molecule has 0 saturated carbocycles. The number of rotatable bonds is 8. The fourth-order valence-electron chi connectivity index (χ4n) is 3.00. The molecule has 0 unspecified atom stereocenters. The Kier molecular flexibility index (Phi) is 6.74. The van der Waals surface area contributed by atoms with Crippen molar-refractivity contribution in [1.29, 1.82) is 0 Å². The van der Waals surface area contributed by atoms with Gasteiger partial charge >= 0.3 is 0 Å². The third kappa shape index (κ3) is 4.24. The first-order chi connectivity index (χ1) is 10.8. The van der Waals surface area contributed by atoms with Crippen molar-refractivity contribution in [1.82, 2.24) is 10.2 Å². The molecule has 1 heterocycles. The minimum Gasteiger partial charge on any atom is -0.493 e. The van der Waals surface area contributed by atoms with E-state index in [-0.39, 0.29) is 0 Å². The lowest BCUT2D eigenvalue weighted by molar-refractivity contribution is 0.166. The highest BCUT2D eigenvalue weighted by Crippen LogP contribution is 2.34. The van der Waals surface area contributed by atoms with E-state index in [2.05, 4.69) is 28.9 Å². The quantitative estimate of drug-likeness (QED) is 0.749. The largest absolute Gasteiger partial charge is 0.493 e. The number of ether oxygens (including phenoxy) is 2. The summed E-state index contributed by atoms with van der Waals surface area (Å²) < 4.78 is 11.1. The molecule has 0 amide bonds. The van der Waals surface area contributed by atoms with E-state index >= 15 is 0 Å². The second-order valence-electron chi connectivity index (χ2n) is 5.51. The van der Waals surface area contributed by atoms with Gasteiger partial charge in [0.25, 0.3) is 0 Å². The number of hydrogen-bond donors (Lipinski definition) is 1. The van der Waals surface area contributed by atoms with Gasteiger partial charge < -0.3 is 14.8 Å². The van der Waals surface area contributed by atoms with Crippen LogP contribution < -0.4 is 14.8 Å². The Bertz CT molecular complexity index is 470. The molecule has 0 spiro atoms. The van der Waals surface area contributed by atoms with Gasteiger partial charge in [-0.05, 0) is 37.5 Å². The third-order valence-electron chi connectivity index (χ3n) is 4.11. The maximum Gasteiger partial charge on any atom is 0.161 e. The molecule has 22 heavy (non-hydrogen) atoms. The van der Waals surface area contributed by atoms with Gasteiger partial charge in [0.1, 0.15) is 0 Å². The van der Waals surface area contributed by atoms with Crippen molar-refractivity contribution < 1.29 is 9.47 Å². The maximum absolute atomic E-state index is 5.62. The lowest BCUT2D eigenvalue weighted by Crippen LogP contribution is -2.45. The Morgan fingerprint density at radius 3 is 2.73 bits per heavy atom. The Hall–Kier alpha value is -1.52. The van der Waals surface area contributed by atoms with Crippen LogP contribution in [-0.2, 0) is 0 Å². The van der Waals surface area contributed by atoms with Crippen LogP contribution in [0, 0.1) is 0 Å². The van der Waals surface area contributed by atoms with Gasteiger partial charge in [-0.2, -0.15) is 0 Å². The molecule has 0 aromatic heterocycles. The van der Waals surface area contributed by atoms with Crippen molar-refractivity contribution in [2.75, 3.05) is 39.9 Å². The molecule has 1 atom stereocenters. The topological polar surface area (TPSA) is 33.7 Å². The second kappa shape index (κ2) is 8.81. The highest BCUT2D eigenvalue weighted by Gasteiger charge is 2.22. The summed E-state index contributed by atoms with van der Waals surface area (Å²) in [6, 6.07) is 6.73. The van der Waals surface area contributed by atoms with E-state index in [9.17, 15) is 0 Å². The molecule has 0 aliphatic carbocycles. The summed E-state index contributed by atoms with van der Waals surface area (Å²) in [4.78, 5) is 2.55. The van der Waals surface area contributed by atoms with Crippen molar-refractivity contribution in [2.45, 2.75) is 25.8 Å². The van der Waals surface area contributed by atoms with E-state index in [0.717, 1.165) is 50.5 Å². The van der Waals surface area contributed by atoms with Crippen LogP contribution in [0.5, 0.6) is 11.5 Å². The zero-order chi connectivity index (χ0) is 15.8. The molecule has 2 rings (SSSR count). The first-order valence-corrected chi connectivity index (χ1v) is 8.16. The van der Waals surface area contributed by atoms with Crippen LogP contribution in [0.3, 0.4) is 0 Å². The minimum atomic E-state index is 0.407. The highest BCUT2D eigenvalue weighted by atomic mass is 16.5. The second-order valence-corrected chi connectivity index (χ2v) is 5.51. The molecular formula is C18H28N2O2. The van der Waals surface area contributed by atoms with Crippen LogP contribution in [0.15, 0.2) is 30.9 Å². The molecule has 1 fully saturated rings. The molecule has 0 radical (unpaired) electrons. The smallest absolute Gasteiger partial charge is 0.161 e. The van der Waals surface area contributed by atoms with Crippen molar-refractivity contribution in [3.63, 3.8) is 0 Å². The molecule has 1 N–H and O–H groups in total. The number of benzene rings is 1. The van der Waals surface area contributed by atoms with E-state index in [0.29, 0.717) is 12.6 Å². The maximum atomic E-state index is 5.62. The van der Waals surface area contributed by atoms with Gasteiger partial charge in [0.05, 0.1) is 13.7 Å². The van der Waals surface area contributed by atoms with Crippen LogP contribution in [-0.4, -0.2) is 44.8 Å². The average Bonchev–Trinajstić information content (AvgIpc) is 2.57. The van der Waals surface area contributed by atoms with Crippen LogP contribution in [0.4, 0.5) is 0 Å². The number of allylic oxidation sites excluding steroid dienone is 1. The number of nitrogens with zero attached hydrogens (tertiary/aromatic N) is 1. The summed E-state index contributed by atoms with van der Waals surface area (Å²) in [7, 11) is 1.70. The van der Waals surface area contributed by atoms with Gasteiger partial charge in [-0.15, -0.1) is 6.58 Å². The van der Waals surface area contributed by atoms with Crippen molar-refractivity contribution in [2.24, 2.45) is 0 Å². The zero-order valence-electron chi connectivity index (χ0n) is 13.8. The summed E-state index contributed by atoms with van der Waals surface area (Å²) in [6.45, 7) is 10.8. The van der Waals surface area contributed by atoms with E-state index in [1.807, 2.05) is 19.1 Å². The highest BCUT2D eigenvalue weighted by molar-refractivity contribution is 5.44. The van der Waals surface area contributed by atoms with Crippen molar-refractivity contribution in [3.05, 3.63) is 36.4 Å². The normalized spacial score (nSPS) is 17.0. The van der Waals surface area contributed by atoms with Gasteiger partial charge in [-0.1, -0.05) is 12.1 Å². The van der Waals surface area contributed by atoms with Crippen molar-refractivity contribution >= 4 is 0 Å². The summed E-state index contributed by atoms with van der Waals surface area (Å²) in [5.41, 5.74) is 1.30. The van der Waals surface area contributed by atoms with E-state index < -0.39 is 0 Å². The Morgan fingerprint density at radius 1 is 1.32 bits per heavy atom. The lowest BCUT2D eigenvalue weighted by Gasteiger charge is -2.35. The predicted molar refractivity (Wildman–Crippen MR) is 90.8 cm³/mol. The average molecular weight is 304 g/mol. The molecule has 1 aliphatic rings. The van der Waals surface area contributed by atoms with Crippen LogP contribution in [0.2, 0.25) is 0 Å². The number of methoxy groups -OCH3 is 1. The van der Waals surface area contributed by atoms with Crippen molar-refractivity contribution in [3.8, 4) is 11.5 Å². The van der Waals surface area contributed by atoms with E-state index in [4.69, 9.17) is 9.47 Å². The molecule has 4 heteroatoms. The summed E-state index contributed by atoms with van der Waals surface area (Å²) in [5, 5.41) is 3.42. The van der Waals surface area contributed by atoms with E-state index in [1.165, 1.54) is 5.56 Å². The zero-order valence-corrected chi connectivity index (χ0v) is 13.8. The first kappa shape index (κ1) is 16.8. The number of hydrogen-bond acceptors (Lipinski definition) is 4. The lowest BCUT2D eigenvalue weighted by atomic mass is 9.99. The van der Waals surface area contributed by atoms with Gasteiger partial charge in [0, 0.05) is 32.2 Å². The third-order valence-corrected chi connectivity index (χ3v) is 4.11. The molecule has 1 aliphatic heterocycles. The molecule has 1 aromatic rings. The SMILES string of the molecule is C=CCC[C@@H](c1ccc(OCC)c(OC)c1)N1CCNCC1. The Balaban J connectivity index is 2.23. The molecule has 0 bridgehead atoms. The number of piperazine rings is 1. The molecule has 1 saturated heterocycles. The van der Waals surface area contributed by atoms with Gasteiger partial charge in [-0.3, -0.25) is 4.90 Å². The monoisotopic (exact) mass is 304 g/mol. The fourth-order valence-corrected chi connectivity index (χ4v) is 3.00. The van der Waals surface area contributed by atoms with Gasteiger partial charge in [-0.25, -0.2) is 0 Å². The summed E-state index contributed by atoms with van der Waals surface area (Å²) in [5.74, 6) is 1.63. The molecular weight excluding hydrogens is 276 g/mol. The summed E-state index contributed by atoms with van der Waals surface area (Å²) >= 11 is 0. The van der Waals surface area contributed by atoms with Crippen LogP contribution in [0.1, 0.15) is 31.4 Å². The standard InChI is InChI=1S/C18H28N2O2/c1-4-6-7-16(20-12-10-19-11-13-20)15-8-9-17(22-5-2)18(14-15)21-3/h4,8-9,14,16,19H,1,5-7,10-13H2,2-3H3/t16-/m0/s1. The molecule has 1 aromatic carbocycles. The van der Waals surface area contributed by atoms with E-state index in [1.54, 1.807) is 7.11 Å². The summed E-state index contributed by atoms with van der Waals surface area (Å²) in [6.07, 6.45) is 4.10. The molecule has 4 nitrogen and oxygen atoms in total. The fraction of sp³-hybridized carbons (Fsp3) is 0.556. The van der Waals surface area contributed by atoms with Gasteiger partial charge in [0.15, 0.2) is 11.5 Å². The number of nitrogens with one attached hydrogen (secondary N) is 1. The Morgan fingerprint density at radius 2 is 2.09 bits per heavy atom.